The van der Waals surface area contributed by atoms with Crippen molar-refractivity contribution in [3.8, 4) is 0 Å². The van der Waals surface area contributed by atoms with Crippen LogP contribution in [0.3, 0.4) is 0 Å². The topological polar surface area (TPSA) is 57.8 Å². The van der Waals surface area contributed by atoms with E-state index in [4.69, 9.17) is 0 Å². The lowest BCUT2D eigenvalue weighted by molar-refractivity contribution is -0.121. The summed E-state index contributed by atoms with van der Waals surface area (Å²) >= 11 is 0. The molecule has 2 aromatic rings. The molecule has 1 amide bonds. The molecule has 2 N–H and O–H groups in total. The SMILES string of the molecule is Cc1ccccc1CCC(=O)NCCc1c(C)n[nH]c1C. The van der Waals surface area contributed by atoms with Crippen molar-refractivity contribution in [1.29, 1.82) is 0 Å². The number of aromatic amines is 1. The lowest BCUT2D eigenvalue weighted by Gasteiger charge is -2.07. The van der Waals surface area contributed by atoms with E-state index in [1.165, 1.54) is 16.7 Å². The Labute approximate surface area is 126 Å². The van der Waals surface area contributed by atoms with E-state index in [-0.39, 0.29) is 5.91 Å². The first-order valence-corrected chi connectivity index (χ1v) is 7.39. The minimum Gasteiger partial charge on any atom is -0.356 e. The number of carbonyl (C=O) groups excluding carboxylic acids is 1. The number of hydrogen-bond donors (Lipinski definition) is 2. The molecule has 0 aliphatic heterocycles. The van der Waals surface area contributed by atoms with Gasteiger partial charge in [0.05, 0.1) is 5.69 Å². The number of aryl methyl sites for hydroxylation is 4. The molecule has 0 fully saturated rings. The molecule has 0 saturated carbocycles. The zero-order chi connectivity index (χ0) is 15.2. The standard InChI is InChI=1S/C17H23N3O/c1-12-6-4-5-7-15(12)8-9-17(21)18-11-10-16-13(2)19-20-14(16)3/h4-7H,8-11H2,1-3H3,(H,18,21)(H,19,20). The van der Waals surface area contributed by atoms with Crippen molar-refractivity contribution in [3.63, 3.8) is 0 Å². The summed E-state index contributed by atoms with van der Waals surface area (Å²) in [6.45, 7) is 6.74. The molecular weight excluding hydrogens is 262 g/mol. The van der Waals surface area contributed by atoms with Crippen molar-refractivity contribution in [3.05, 3.63) is 52.3 Å². The van der Waals surface area contributed by atoms with Crippen LogP contribution in [0, 0.1) is 20.8 Å². The summed E-state index contributed by atoms with van der Waals surface area (Å²) in [5, 5.41) is 10.1. The minimum atomic E-state index is 0.108. The maximum atomic E-state index is 11.9. The van der Waals surface area contributed by atoms with Crippen LogP contribution in [0.1, 0.15) is 34.5 Å². The second kappa shape index (κ2) is 7.07. The van der Waals surface area contributed by atoms with E-state index >= 15 is 0 Å². The molecule has 1 aromatic carbocycles. The number of amides is 1. The molecule has 0 saturated heterocycles. The maximum absolute atomic E-state index is 11.9. The quantitative estimate of drug-likeness (QED) is 0.857. The van der Waals surface area contributed by atoms with E-state index in [1.54, 1.807) is 0 Å². The van der Waals surface area contributed by atoms with Gasteiger partial charge in [0.15, 0.2) is 0 Å². The van der Waals surface area contributed by atoms with Gasteiger partial charge in [-0.25, -0.2) is 0 Å². The third kappa shape index (κ3) is 4.18. The Kier molecular flexibility index (Phi) is 5.14. The van der Waals surface area contributed by atoms with E-state index in [9.17, 15) is 4.79 Å². The molecule has 0 spiro atoms. The number of nitrogens with one attached hydrogen (secondary N) is 2. The summed E-state index contributed by atoms with van der Waals surface area (Å²) in [5.41, 5.74) is 5.79. The lowest BCUT2D eigenvalue weighted by atomic mass is 10.0. The number of rotatable bonds is 6. The molecule has 4 nitrogen and oxygen atoms in total. The third-order valence-electron chi connectivity index (χ3n) is 3.86. The van der Waals surface area contributed by atoms with Gasteiger partial charge in [-0.2, -0.15) is 5.10 Å². The van der Waals surface area contributed by atoms with Crippen molar-refractivity contribution in [2.24, 2.45) is 0 Å². The molecule has 4 heteroatoms. The second-order valence-corrected chi connectivity index (χ2v) is 5.44. The van der Waals surface area contributed by atoms with Crippen molar-refractivity contribution < 1.29 is 4.79 Å². The summed E-state index contributed by atoms with van der Waals surface area (Å²) in [7, 11) is 0. The van der Waals surface area contributed by atoms with Crippen LogP contribution in [-0.4, -0.2) is 22.6 Å². The van der Waals surface area contributed by atoms with E-state index in [2.05, 4.69) is 34.6 Å². The molecule has 112 valence electrons. The van der Waals surface area contributed by atoms with Crippen molar-refractivity contribution >= 4 is 5.91 Å². The van der Waals surface area contributed by atoms with Crippen LogP contribution in [0.15, 0.2) is 24.3 Å². The Morgan fingerprint density at radius 2 is 1.95 bits per heavy atom. The Bertz CT molecular complexity index is 597. The highest BCUT2D eigenvalue weighted by molar-refractivity contribution is 5.76. The Morgan fingerprint density at radius 1 is 1.19 bits per heavy atom. The molecule has 1 heterocycles. The molecule has 0 atom stereocenters. The van der Waals surface area contributed by atoms with Gasteiger partial charge in [-0.05, 0) is 50.3 Å². The minimum absolute atomic E-state index is 0.108. The zero-order valence-electron chi connectivity index (χ0n) is 13.0. The molecule has 2 rings (SSSR count). The predicted molar refractivity (Wildman–Crippen MR) is 84.3 cm³/mol. The highest BCUT2D eigenvalue weighted by Crippen LogP contribution is 2.10. The molecule has 0 bridgehead atoms. The molecule has 0 radical (unpaired) electrons. The van der Waals surface area contributed by atoms with Gasteiger partial charge in [-0.15, -0.1) is 0 Å². The highest BCUT2D eigenvalue weighted by Gasteiger charge is 2.07. The van der Waals surface area contributed by atoms with Crippen LogP contribution in [-0.2, 0) is 17.6 Å². The number of hydrogen-bond acceptors (Lipinski definition) is 2. The molecule has 0 aliphatic carbocycles. The molecule has 0 aliphatic rings. The zero-order valence-corrected chi connectivity index (χ0v) is 13.0. The van der Waals surface area contributed by atoms with Crippen LogP contribution in [0.25, 0.3) is 0 Å². The number of aromatic nitrogens is 2. The molecule has 0 unspecified atom stereocenters. The van der Waals surface area contributed by atoms with Gasteiger partial charge in [0.2, 0.25) is 5.91 Å². The van der Waals surface area contributed by atoms with Crippen molar-refractivity contribution in [2.75, 3.05) is 6.54 Å². The highest BCUT2D eigenvalue weighted by atomic mass is 16.1. The summed E-state index contributed by atoms with van der Waals surface area (Å²) in [5.74, 6) is 0.108. The van der Waals surface area contributed by atoms with E-state index in [1.807, 2.05) is 26.0 Å². The van der Waals surface area contributed by atoms with Crippen LogP contribution < -0.4 is 5.32 Å². The second-order valence-electron chi connectivity index (χ2n) is 5.44. The first kappa shape index (κ1) is 15.3. The fourth-order valence-corrected chi connectivity index (χ4v) is 2.50. The summed E-state index contributed by atoms with van der Waals surface area (Å²) in [6, 6.07) is 8.21. The fourth-order valence-electron chi connectivity index (χ4n) is 2.50. The maximum Gasteiger partial charge on any atom is 0.220 e. The van der Waals surface area contributed by atoms with Crippen LogP contribution in [0.4, 0.5) is 0 Å². The van der Waals surface area contributed by atoms with Gasteiger partial charge in [0.25, 0.3) is 0 Å². The molecule has 21 heavy (non-hydrogen) atoms. The van der Waals surface area contributed by atoms with E-state index in [0.717, 1.165) is 24.2 Å². The van der Waals surface area contributed by atoms with Crippen molar-refractivity contribution in [2.45, 2.75) is 40.0 Å². The predicted octanol–water partition coefficient (Wildman–Crippen LogP) is 2.63. The largest absolute Gasteiger partial charge is 0.356 e. The normalized spacial score (nSPS) is 10.6. The number of benzene rings is 1. The number of H-pyrrole nitrogens is 1. The number of nitrogens with zero attached hydrogens (tertiary/aromatic N) is 1. The summed E-state index contributed by atoms with van der Waals surface area (Å²) in [6.07, 6.45) is 2.15. The Hall–Kier alpha value is -2.10. The smallest absolute Gasteiger partial charge is 0.220 e. The van der Waals surface area contributed by atoms with Crippen LogP contribution in [0.5, 0.6) is 0 Å². The van der Waals surface area contributed by atoms with E-state index < -0.39 is 0 Å². The third-order valence-corrected chi connectivity index (χ3v) is 3.86. The average Bonchev–Trinajstić information content (AvgIpc) is 2.78. The average molecular weight is 285 g/mol. The molecular formula is C17H23N3O. The number of carbonyl (C=O) groups is 1. The summed E-state index contributed by atoms with van der Waals surface area (Å²) in [4.78, 5) is 11.9. The monoisotopic (exact) mass is 285 g/mol. The van der Waals surface area contributed by atoms with Gasteiger partial charge in [-0.3, -0.25) is 9.89 Å². The van der Waals surface area contributed by atoms with Crippen LogP contribution >= 0.6 is 0 Å². The summed E-state index contributed by atoms with van der Waals surface area (Å²) < 4.78 is 0. The van der Waals surface area contributed by atoms with Gasteiger partial charge >= 0.3 is 0 Å². The Balaban J connectivity index is 1.74. The lowest BCUT2D eigenvalue weighted by Crippen LogP contribution is -2.26. The first-order valence-electron chi connectivity index (χ1n) is 7.39. The van der Waals surface area contributed by atoms with Crippen LogP contribution in [0.2, 0.25) is 0 Å². The van der Waals surface area contributed by atoms with Gasteiger partial charge in [0.1, 0.15) is 0 Å². The van der Waals surface area contributed by atoms with Gasteiger partial charge in [0, 0.05) is 18.7 Å². The van der Waals surface area contributed by atoms with Gasteiger partial charge in [-0.1, -0.05) is 24.3 Å². The first-order chi connectivity index (χ1) is 10.1. The molecule has 1 aromatic heterocycles. The van der Waals surface area contributed by atoms with E-state index in [0.29, 0.717) is 13.0 Å². The van der Waals surface area contributed by atoms with Gasteiger partial charge < -0.3 is 5.32 Å². The Morgan fingerprint density at radius 3 is 2.62 bits per heavy atom. The fraction of sp³-hybridized carbons (Fsp3) is 0.412. The van der Waals surface area contributed by atoms with Crippen molar-refractivity contribution in [1.82, 2.24) is 15.5 Å².